The first-order valence-corrected chi connectivity index (χ1v) is 7.17. The third-order valence-electron chi connectivity index (χ3n) is 2.83. The number of rotatable bonds is 5. The van der Waals surface area contributed by atoms with Gasteiger partial charge in [-0.05, 0) is 32.3 Å². The summed E-state index contributed by atoms with van der Waals surface area (Å²) in [5.74, 6) is 0.980. The molecule has 2 rings (SSSR count). The van der Waals surface area contributed by atoms with Crippen molar-refractivity contribution in [3.63, 3.8) is 0 Å². The lowest BCUT2D eigenvalue weighted by atomic mass is 10.1. The monoisotopic (exact) mass is 284 g/mol. The standard InChI is InChI=1S/C12H17ClN4S/c1-8(2)17-11(15-7-16-17)6-10(14-3)12-9(13)4-5-18-12/h4-5,7-8,10,14H,6H2,1-3H3. The number of hydrogen-bond donors (Lipinski definition) is 1. The molecule has 98 valence electrons. The number of nitrogens with zero attached hydrogens (tertiary/aromatic N) is 3. The normalized spacial score (nSPS) is 13.2. The van der Waals surface area contributed by atoms with Crippen LogP contribution < -0.4 is 5.32 Å². The highest BCUT2D eigenvalue weighted by Crippen LogP contribution is 2.30. The van der Waals surface area contributed by atoms with Gasteiger partial charge in [0.15, 0.2) is 0 Å². The number of hydrogen-bond acceptors (Lipinski definition) is 4. The van der Waals surface area contributed by atoms with Crippen molar-refractivity contribution in [2.24, 2.45) is 0 Å². The van der Waals surface area contributed by atoms with Crippen LogP contribution in [0, 0.1) is 0 Å². The molecule has 1 atom stereocenters. The minimum atomic E-state index is 0.180. The van der Waals surface area contributed by atoms with Gasteiger partial charge >= 0.3 is 0 Å². The Kier molecular flexibility index (Phi) is 4.37. The van der Waals surface area contributed by atoms with E-state index in [0.29, 0.717) is 6.04 Å². The van der Waals surface area contributed by atoms with Gasteiger partial charge in [-0.1, -0.05) is 11.6 Å². The lowest BCUT2D eigenvalue weighted by molar-refractivity contribution is 0.480. The van der Waals surface area contributed by atoms with E-state index in [2.05, 4.69) is 29.2 Å². The molecular formula is C12H17ClN4S. The van der Waals surface area contributed by atoms with Gasteiger partial charge in [-0.25, -0.2) is 9.67 Å². The van der Waals surface area contributed by atoms with Crippen LogP contribution in [0.4, 0.5) is 0 Å². The largest absolute Gasteiger partial charge is 0.312 e. The highest BCUT2D eigenvalue weighted by atomic mass is 35.5. The van der Waals surface area contributed by atoms with Crippen LogP contribution in [0.2, 0.25) is 5.02 Å². The van der Waals surface area contributed by atoms with E-state index in [-0.39, 0.29) is 6.04 Å². The third-order valence-corrected chi connectivity index (χ3v) is 4.30. The second-order valence-corrected chi connectivity index (χ2v) is 5.75. The molecule has 0 aliphatic carbocycles. The van der Waals surface area contributed by atoms with E-state index in [0.717, 1.165) is 22.1 Å². The highest BCUT2D eigenvalue weighted by molar-refractivity contribution is 7.10. The van der Waals surface area contributed by atoms with E-state index in [1.54, 1.807) is 17.7 Å². The summed E-state index contributed by atoms with van der Waals surface area (Å²) in [6, 6.07) is 2.43. The number of likely N-dealkylation sites (N-methyl/N-ethyl adjacent to an activating group) is 1. The molecule has 18 heavy (non-hydrogen) atoms. The molecule has 0 fully saturated rings. The van der Waals surface area contributed by atoms with Crippen LogP contribution in [0.5, 0.6) is 0 Å². The average molecular weight is 285 g/mol. The van der Waals surface area contributed by atoms with E-state index >= 15 is 0 Å². The number of aromatic nitrogens is 3. The summed E-state index contributed by atoms with van der Waals surface area (Å²) in [4.78, 5) is 5.49. The maximum Gasteiger partial charge on any atom is 0.138 e. The Balaban J connectivity index is 2.21. The molecule has 0 saturated heterocycles. The zero-order valence-electron chi connectivity index (χ0n) is 10.7. The maximum atomic E-state index is 6.18. The van der Waals surface area contributed by atoms with Gasteiger partial charge in [-0.3, -0.25) is 0 Å². The summed E-state index contributed by atoms with van der Waals surface area (Å²) in [7, 11) is 1.94. The molecule has 0 aliphatic rings. The quantitative estimate of drug-likeness (QED) is 0.917. The second kappa shape index (κ2) is 5.82. The van der Waals surface area contributed by atoms with Crippen molar-refractivity contribution >= 4 is 22.9 Å². The van der Waals surface area contributed by atoms with Crippen molar-refractivity contribution in [1.82, 2.24) is 20.1 Å². The molecule has 2 heterocycles. The Hall–Kier alpha value is -0.910. The molecule has 6 heteroatoms. The Bertz CT molecular complexity index is 506. The fourth-order valence-electron chi connectivity index (χ4n) is 1.91. The minimum absolute atomic E-state index is 0.180. The minimum Gasteiger partial charge on any atom is -0.312 e. The zero-order chi connectivity index (χ0) is 13.1. The lowest BCUT2D eigenvalue weighted by Gasteiger charge is -2.16. The molecule has 0 aromatic carbocycles. The Morgan fingerprint density at radius 3 is 2.83 bits per heavy atom. The topological polar surface area (TPSA) is 42.7 Å². The van der Waals surface area contributed by atoms with Crippen LogP contribution >= 0.6 is 22.9 Å². The van der Waals surface area contributed by atoms with Gasteiger partial charge in [0, 0.05) is 23.4 Å². The van der Waals surface area contributed by atoms with E-state index in [1.165, 1.54) is 0 Å². The van der Waals surface area contributed by atoms with Crippen molar-refractivity contribution in [3.8, 4) is 0 Å². The van der Waals surface area contributed by atoms with Crippen molar-refractivity contribution < 1.29 is 0 Å². The predicted molar refractivity (Wildman–Crippen MR) is 75.2 cm³/mol. The molecule has 0 radical (unpaired) electrons. The van der Waals surface area contributed by atoms with Gasteiger partial charge < -0.3 is 5.32 Å². The van der Waals surface area contributed by atoms with E-state index in [4.69, 9.17) is 11.6 Å². The molecule has 2 aromatic rings. The fourth-order valence-corrected chi connectivity index (χ4v) is 3.21. The Labute approximate surface area is 116 Å². The summed E-state index contributed by atoms with van der Waals surface area (Å²) in [5.41, 5.74) is 0. The Morgan fingerprint density at radius 1 is 1.50 bits per heavy atom. The second-order valence-electron chi connectivity index (χ2n) is 4.39. The summed E-state index contributed by atoms with van der Waals surface area (Å²) >= 11 is 7.85. The highest BCUT2D eigenvalue weighted by Gasteiger charge is 2.18. The number of halogens is 1. The Morgan fingerprint density at radius 2 is 2.28 bits per heavy atom. The first kappa shape index (κ1) is 13.5. The lowest BCUT2D eigenvalue weighted by Crippen LogP contribution is -2.21. The number of thiophene rings is 1. The first-order chi connectivity index (χ1) is 8.63. The molecule has 0 aliphatic heterocycles. The summed E-state index contributed by atoms with van der Waals surface area (Å²) in [5, 5.41) is 10.4. The molecule has 1 N–H and O–H groups in total. The third kappa shape index (κ3) is 2.74. The van der Waals surface area contributed by atoms with Crippen molar-refractivity contribution in [3.05, 3.63) is 33.5 Å². The summed E-state index contributed by atoms with van der Waals surface area (Å²) in [6.45, 7) is 4.20. The zero-order valence-corrected chi connectivity index (χ0v) is 12.3. The van der Waals surface area contributed by atoms with Gasteiger partial charge in [0.25, 0.3) is 0 Å². The van der Waals surface area contributed by atoms with Gasteiger partial charge in [-0.15, -0.1) is 11.3 Å². The maximum absolute atomic E-state index is 6.18. The van der Waals surface area contributed by atoms with Gasteiger partial charge in [-0.2, -0.15) is 5.10 Å². The van der Waals surface area contributed by atoms with Crippen LogP contribution in [0.1, 0.15) is 36.6 Å². The molecule has 1 unspecified atom stereocenters. The van der Waals surface area contributed by atoms with Gasteiger partial charge in [0.2, 0.25) is 0 Å². The molecule has 4 nitrogen and oxygen atoms in total. The average Bonchev–Trinajstić information content (AvgIpc) is 2.94. The molecule has 0 saturated carbocycles. The van der Waals surface area contributed by atoms with Gasteiger partial charge in [0.05, 0.1) is 5.02 Å². The number of nitrogens with one attached hydrogen (secondary N) is 1. The SMILES string of the molecule is CNC(Cc1ncnn1C(C)C)c1sccc1Cl. The van der Waals surface area contributed by atoms with Crippen molar-refractivity contribution in [2.45, 2.75) is 32.4 Å². The summed E-state index contributed by atoms with van der Waals surface area (Å²) < 4.78 is 1.95. The molecule has 0 bridgehead atoms. The van der Waals surface area contributed by atoms with E-state index in [9.17, 15) is 0 Å². The van der Waals surface area contributed by atoms with Gasteiger partial charge in [0.1, 0.15) is 12.2 Å². The molecule has 0 spiro atoms. The van der Waals surface area contributed by atoms with Crippen LogP contribution in [-0.4, -0.2) is 21.8 Å². The molecular weight excluding hydrogens is 268 g/mol. The van der Waals surface area contributed by atoms with Crippen LogP contribution in [-0.2, 0) is 6.42 Å². The van der Waals surface area contributed by atoms with Crippen LogP contribution in [0.15, 0.2) is 17.8 Å². The van der Waals surface area contributed by atoms with Crippen LogP contribution in [0.25, 0.3) is 0 Å². The predicted octanol–water partition coefficient (Wildman–Crippen LogP) is 3.08. The molecule has 2 aromatic heterocycles. The van der Waals surface area contributed by atoms with E-state index in [1.807, 2.05) is 23.2 Å². The fraction of sp³-hybridized carbons (Fsp3) is 0.500. The van der Waals surface area contributed by atoms with Crippen LogP contribution in [0.3, 0.4) is 0 Å². The van der Waals surface area contributed by atoms with Crippen molar-refractivity contribution in [1.29, 1.82) is 0 Å². The van der Waals surface area contributed by atoms with E-state index < -0.39 is 0 Å². The summed E-state index contributed by atoms with van der Waals surface area (Å²) in [6.07, 6.45) is 2.40. The van der Waals surface area contributed by atoms with Crippen molar-refractivity contribution in [2.75, 3.05) is 7.05 Å². The smallest absolute Gasteiger partial charge is 0.138 e. The first-order valence-electron chi connectivity index (χ1n) is 5.92. The molecule has 0 amide bonds.